The summed E-state index contributed by atoms with van der Waals surface area (Å²) in [6.45, 7) is 1.66. The van der Waals surface area contributed by atoms with Gasteiger partial charge in [0.25, 0.3) is 5.66 Å². The summed E-state index contributed by atoms with van der Waals surface area (Å²) in [6, 6.07) is 0. The molecule has 0 aromatic carbocycles. The van der Waals surface area contributed by atoms with Crippen molar-refractivity contribution < 1.29 is 9.90 Å². The molecule has 0 fully saturated rings. The highest BCUT2D eigenvalue weighted by atomic mass is 16.4. The Bertz CT molecular complexity index is 200. The summed E-state index contributed by atoms with van der Waals surface area (Å²) in [7, 11) is 2.80. The molecule has 68 valence electrons. The summed E-state index contributed by atoms with van der Waals surface area (Å²) in [5.74, 6) is -1.14. The van der Waals surface area contributed by atoms with Gasteiger partial charge in [-0.1, -0.05) is 6.92 Å². The van der Waals surface area contributed by atoms with Crippen molar-refractivity contribution in [1.29, 1.82) is 0 Å². The van der Waals surface area contributed by atoms with Gasteiger partial charge in [0.05, 0.1) is 0 Å². The van der Waals surface area contributed by atoms with Gasteiger partial charge in [-0.05, 0) is 0 Å². The summed E-state index contributed by atoms with van der Waals surface area (Å²) in [5.41, 5.74) is -1.52. The molecule has 12 heavy (non-hydrogen) atoms. The van der Waals surface area contributed by atoms with E-state index in [-0.39, 0.29) is 6.42 Å². The van der Waals surface area contributed by atoms with Gasteiger partial charge in [0, 0.05) is 20.5 Å². The smallest absolute Gasteiger partial charge is 0.358 e. The summed E-state index contributed by atoms with van der Waals surface area (Å²) >= 11 is 0. The molecule has 0 aliphatic rings. The fraction of sp³-hybridized carbons (Fsp3) is 0.833. The number of carboxylic acids is 1. The average Bonchev–Trinajstić information content (AvgIpc) is 2.03. The minimum Gasteiger partial charge on any atom is -0.478 e. The Morgan fingerprint density at radius 1 is 1.33 bits per heavy atom. The summed E-state index contributed by atoms with van der Waals surface area (Å²) in [6.07, 6.45) is 0.233. The molecule has 0 aliphatic carbocycles. The van der Waals surface area contributed by atoms with Crippen LogP contribution in [0.2, 0.25) is 0 Å². The van der Waals surface area contributed by atoms with Crippen LogP contribution >= 0.6 is 0 Å². The third kappa shape index (κ3) is 2.08. The zero-order valence-corrected chi connectivity index (χ0v) is 7.35. The molecule has 1 N–H and O–H groups in total. The normalized spacial score (nSPS) is 16.9. The van der Waals surface area contributed by atoms with Crippen LogP contribution in [-0.2, 0) is 4.79 Å². The quantitative estimate of drug-likeness (QED) is 0.648. The number of hydrogen-bond acceptors (Lipinski definition) is 5. The highest BCUT2D eigenvalue weighted by Gasteiger charge is 2.37. The Morgan fingerprint density at radius 2 is 1.75 bits per heavy atom. The lowest BCUT2D eigenvalue weighted by atomic mass is 10.1. The van der Waals surface area contributed by atoms with E-state index in [9.17, 15) is 4.79 Å². The SMILES string of the molecule is CCC(N=NC)(N=NC)C(=O)O. The second-order valence-electron chi connectivity index (χ2n) is 2.08. The molecule has 0 aliphatic heterocycles. The minimum atomic E-state index is -1.52. The largest absolute Gasteiger partial charge is 0.478 e. The van der Waals surface area contributed by atoms with Crippen molar-refractivity contribution in [2.75, 3.05) is 14.1 Å². The van der Waals surface area contributed by atoms with Gasteiger partial charge in [-0.2, -0.15) is 10.2 Å². The first kappa shape index (κ1) is 10.7. The first-order chi connectivity index (χ1) is 5.63. The Balaban J connectivity index is 4.88. The number of rotatable bonds is 4. The van der Waals surface area contributed by atoms with E-state index >= 15 is 0 Å². The van der Waals surface area contributed by atoms with Crippen molar-refractivity contribution in [1.82, 2.24) is 0 Å². The van der Waals surface area contributed by atoms with Crippen LogP contribution in [-0.4, -0.2) is 30.8 Å². The van der Waals surface area contributed by atoms with Crippen molar-refractivity contribution in [2.24, 2.45) is 20.5 Å². The maximum absolute atomic E-state index is 10.7. The third-order valence-electron chi connectivity index (χ3n) is 1.37. The Kier molecular flexibility index (Phi) is 4.03. The van der Waals surface area contributed by atoms with Crippen LogP contribution in [0.4, 0.5) is 0 Å². The maximum Gasteiger partial charge on any atom is 0.358 e. The number of carboxylic acid groups (broad SMARTS) is 1. The molecule has 0 aromatic rings. The van der Waals surface area contributed by atoms with E-state index in [1.807, 2.05) is 0 Å². The highest BCUT2D eigenvalue weighted by molar-refractivity contribution is 5.78. The standard InChI is InChI=1S/C6H12N4O2/c1-4-6(5(11)12,9-7-2)10-8-3/h4H2,1-3H3,(H,11,12). The van der Waals surface area contributed by atoms with Crippen LogP contribution in [0.15, 0.2) is 20.5 Å². The van der Waals surface area contributed by atoms with Crippen LogP contribution in [0.3, 0.4) is 0 Å². The molecular weight excluding hydrogens is 160 g/mol. The predicted octanol–water partition coefficient (Wildman–Crippen LogP) is 1.34. The van der Waals surface area contributed by atoms with Crippen molar-refractivity contribution in [3.05, 3.63) is 0 Å². The van der Waals surface area contributed by atoms with Gasteiger partial charge in [0.15, 0.2) is 0 Å². The topological polar surface area (TPSA) is 86.7 Å². The van der Waals surface area contributed by atoms with E-state index in [2.05, 4.69) is 20.5 Å². The van der Waals surface area contributed by atoms with Gasteiger partial charge < -0.3 is 5.11 Å². The molecule has 0 atom stereocenters. The van der Waals surface area contributed by atoms with Crippen molar-refractivity contribution >= 4 is 5.97 Å². The molecule has 6 heteroatoms. The van der Waals surface area contributed by atoms with E-state index in [4.69, 9.17) is 5.11 Å². The van der Waals surface area contributed by atoms with Crippen LogP contribution in [0.5, 0.6) is 0 Å². The molecule has 0 amide bonds. The van der Waals surface area contributed by atoms with E-state index < -0.39 is 11.6 Å². The Labute approximate surface area is 70.4 Å². The molecule has 0 aromatic heterocycles. The molecule has 6 nitrogen and oxygen atoms in total. The summed E-state index contributed by atoms with van der Waals surface area (Å²) < 4.78 is 0. The van der Waals surface area contributed by atoms with Gasteiger partial charge in [0.1, 0.15) is 0 Å². The number of aliphatic carboxylic acids is 1. The van der Waals surface area contributed by atoms with Gasteiger partial charge >= 0.3 is 5.97 Å². The molecule has 0 rings (SSSR count). The third-order valence-corrected chi connectivity index (χ3v) is 1.37. The second-order valence-corrected chi connectivity index (χ2v) is 2.08. The number of nitrogens with zero attached hydrogens (tertiary/aromatic N) is 4. The van der Waals surface area contributed by atoms with Crippen molar-refractivity contribution in [3.8, 4) is 0 Å². The van der Waals surface area contributed by atoms with E-state index in [0.29, 0.717) is 0 Å². The average molecular weight is 172 g/mol. The van der Waals surface area contributed by atoms with Gasteiger partial charge in [-0.3, -0.25) is 0 Å². The first-order valence-electron chi connectivity index (χ1n) is 3.48. The van der Waals surface area contributed by atoms with Crippen LogP contribution < -0.4 is 0 Å². The van der Waals surface area contributed by atoms with E-state index in [1.165, 1.54) is 14.1 Å². The van der Waals surface area contributed by atoms with Gasteiger partial charge in [-0.25, -0.2) is 4.79 Å². The lowest BCUT2D eigenvalue weighted by Gasteiger charge is -2.14. The van der Waals surface area contributed by atoms with Crippen molar-refractivity contribution in [2.45, 2.75) is 19.0 Å². The van der Waals surface area contributed by atoms with Crippen LogP contribution in [0.1, 0.15) is 13.3 Å². The first-order valence-corrected chi connectivity index (χ1v) is 3.48. The van der Waals surface area contributed by atoms with Gasteiger partial charge in [-0.15, -0.1) is 10.2 Å². The molecular formula is C6H12N4O2. The van der Waals surface area contributed by atoms with E-state index in [0.717, 1.165) is 0 Å². The molecule has 0 radical (unpaired) electrons. The number of hydrogen-bond donors (Lipinski definition) is 1. The summed E-state index contributed by atoms with van der Waals surface area (Å²) in [5, 5.41) is 22.7. The zero-order valence-electron chi connectivity index (χ0n) is 7.35. The monoisotopic (exact) mass is 172 g/mol. The Morgan fingerprint density at radius 3 is 1.92 bits per heavy atom. The molecule has 0 saturated carbocycles. The molecule has 0 saturated heterocycles. The fourth-order valence-corrected chi connectivity index (χ4v) is 0.729. The van der Waals surface area contributed by atoms with Crippen LogP contribution in [0, 0.1) is 0 Å². The van der Waals surface area contributed by atoms with E-state index in [1.54, 1.807) is 6.92 Å². The number of carbonyl (C=O) groups is 1. The maximum atomic E-state index is 10.7. The molecule has 0 bridgehead atoms. The number of azo groups is 2. The highest BCUT2D eigenvalue weighted by Crippen LogP contribution is 2.18. The molecule has 0 unspecified atom stereocenters. The van der Waals surface area contributed by atoms with Gasteiger partial charge in [0.2, 0.25) is 0 Å². The lowest BCUT2D eigenvalue weighted by molar-refractivity contribution is -0.143. The Hall–Kier alpha value is -1.33. The second kappa shape index (κ2) is 4.53. The lowest BCUT2D eigenvalue weighted by Crippen LogP contribution is -2.32. The van der Waals surface area contributed by atoms with Crippen molar-refractivity contribution in [3.63, 3.8) is 0 Å². The predicted molar refractivity (Wildman–Crippen MR) is 42.2 cm³/mol. The zero-order chi connectivity index (χ0) is 9.61. The minimum absolute atomic E-state index is 0.233. The molecule has 0 spiro atoms. The van der Waals surface area contributed by atoms with Crippen LogP contribution in [0.25, 0.3) is 0 Å². The fourth-order valence-electron chi connectivity index (χ4n) is 0.729. The summed E-state index contributed by atoms with van der Waals surface area (Å²) in [4.78, 5) is 10.7. The molecule has 0 heterocycles.